The lowest BCUT2D eigenvalue weighted by Gasteiger charge is -2.12. The molecular formula is C21H22N4O3. The molecule has 1 unspecified atom stereocenters. The van der Waals surface area contributed by atoms with Gasteiger partial charge < -0.3 is 14.8 Å². The Bertz CT molecular complexity index is 904. The minimum atomic E-state index is -0.133. The number of pyridine rings is 1. The highest BCUT2D eigenvalue weighted by atomic mass is 16.5. The number of rotatable bonds is 7. The quantitative estimate of drug-likeness (QED) is 0.684. The van der Waals surface area contributed by atoms with Crippen LogP contribution in [0.5, 0.6) is 5.75 Å². The number of hydrogen-bond donors (Lipinski definition) is 1. The summed E-state index contributed by atoms with van der Waals surface area (Å²) in [5.74, 6) is 1.37. The smallest absolute Gasteiger partial charge is 0.251 e. The number of imidazole rings is 1. The second-order valence-corrected chi connectivity index (χ2v) is 6.65. The fraction of sp³-hybridized carbons (Fsp3) is 0.286. The van der Waals surface area contributed by atoms with Gasteiger partial charge in [-0.3, -0.25) is 9.36 Å². The summed E-state index contributed by atoms with van der Waals surface area (Å²) in [5.41, 5.74) is 1.55. The van der Waals surface area contributed by atoms with E-state index in [1.54, 1.807) is 30.9 Å². The fourth-order valence-corrected chi connectivity index (χ4v) is 3.06. The average molecular weight is 378 g/mol. The molecule has 1 fully saturated rings. The van der Waals surface area contributed by atoms with E-state index in [1.165, 1.54) is 0 Å². The largest absolute Gasteiger partial charge is 0.491 e. The Morgan fingerprint density at radius 2 is 2.14 bits per heavy atom. The van der Waals surface area contributed by atoms with Crippen LogP contribution in [0.2, 0.25) is 0 Å². The first-order valence-electron chi connectivity index (χ1n) is 9.34. The molecule has 1 aliphatic rings. The van der Waals surface area contributed by atoms with Crippen molar-refractivity contribution in [1.29, 1.82) is 0 Å². The second kappa shape index (κ2) is 8.67. The van der Waals surface area contributed by atoms with Crippen LogP contribution in [-0.4, -0.2) is 39.8 Å². The van der Waals surface area contributed by atoms with Gasteiger partial charge in [-0.15, -0.1) is 0 Å². The van der Waals surface area contributed by atoms with Crippen LogP contribution in [0.3, 0.4) is 0 Å². The zero-order chi connectivity index (χ0) is 19.2. The molecule has 1 amide bonds. The van der Waals surface area contributed by atoms with E-state index in [-0.39, 0.29) is 12.0 Å². The summed E-state index contributed by atoms with van der Waals surface area (Å²) in [6.07, 6.45) is 9.24. The molecule has 1 atom stereocenters. The van der Waals surface area contributed by atoms with Crippen LogP contribution < -0.4 is 10.1 Å². The molecule has 7 heteroatoms. The third-order valence-corrected chi connectivity index (χ3v) is 4.61. The van der Waals surface area contributed by atoms with Gasteiger partial charge in [-0.25, -0.2) is 9.97 Å². The van der Waals surface area contributed by atoms with Crippen molar-refractivity contribution in [3.63, 3.8) is 0 Å². The number of nitrogens with zero attached hydrogens (tertiary/aromatic N) is 3. The Morgan fingerprint density at radius 3 is 2.89 bits per heavy atom. The topological polar surface area (TPSA) is 78.3 Å². The summed E-state index contributed by atoms with van der Waals surface area (Å²) in [5, 5.41) is 2.93. The SMILES string of the molecule is O=C(NCc1ccnc(-n2ccnc2)c1)c1ccc(OCC2CCCO2)cc1. The number of amides is 1. The van der Waals surface area contributed by atoms with Crippen LogP contribution in [0.25, 0.3) is 5.82 Å². The van der Waals surface area contributed by atoms with Crippen molar-refractivity contribution in [3.05, 3.63) is 72.4 Å². The summed E-state index contributed by atoms with van der Waals surface area (Å²) >= 11 is 0. The van der Waals surface area contributed by atoms with E-state index >= 15 is 0 Å². The van der Waals surface area contributed by atoms with E-state index in [4.69, 9.17) is 9.47 Å². The van der Waals surface area contributed by atoms with Crippen molar-refractivity contribution >= 4 is 5.91 Å². The first kappa shape index (κ1) is 18.2. The molecule has 0 saturated carbocycles. The van der Waals surface area contributed by atoms with Crippen molar-refractivity contribution < 1.29 is 14.3 Å². The number of benzene rings is 1. The summed E-state index contributed by atoms with van der Waals surface area (Å²) in [6.45, 7) is 1.78. The standard InChI is InChI=1S/C21H22N4O3/c26-21(17-3-5-18(6-4-17)28-14-19-2-1-11-27-19)24-13-16-7-8-23-20(12-16)25-10-9-22-15-25/h3-10,12,15,19H,1-2,11,13-14H2,(H,24,26). The third-order valence-electron chi connectivity index (χ3n) is 4.61. The van der Waals surface area contributed by atoms with Gasteiger partial charge in [0, 0.05) is 37.3 Å². The van der Waals surface area contributed by atoms with Gasteiger partial charge in [0.15, 0.2) is 0 Å². The van der Waals surface area contributed by atoms with Crippen molar-refractivity contribution in [1.82, 2.24) is 19.9 Å². The van der Waals surface area contributed by atoms with Crippen molar-refractivity contribution in [2.45, 2.75) is 25.5 Å². The van der Waals surface area contributed by atoms with Gasteiger partial charge in [-0.2, -0.15) is 0 Å². The van der Waals surface area contributed by atoms with Gasteiger partial charge in [-0.1, -0.05) is 0 Å². The molecule has 0 spiro atoms. The molecule has 0 bridgehead atoms. The number of ether oxygens (including phenoxy) is 2. The maximum absolute atomic E-state index is 12.4. The van der Waals surface area contributed by atoms with E-state index in [0.717, 1.165) is 36.6 Å². The van der Waals surface area contributed by atoms with Crippen LogP contribution in [-0.2, 0) is 11.3 Å². The second-order valence-electron chi connectivity index (χ2n) is 6.65. The molecule has 2 aromatic heterocycles. The molecule has 28 heavy (non-hydrogen) atoms. The molecule has 4 rings (SSSR count). The zero-order valence-corrected chi connectivity index (χ0v) is 15.5. The van der Waals surface area contributed by atoms with Crippen molar-refractivity contribution in [2.75, 3.05) is 13.2 Å². The highest BCUT2D eigenvalue weighted by Crippen LogP contribution is 2.17. The Kier molecular flexibility index (Phi) is 5.63. The van der Waals surface area contributed by atoms with Crippen LogP contribution in [0.15, 0.2) is 61.3 Å². The summed E-state index contributed by atoms with van der Waals surface area (Å²) in [7, 11) is 0. The van der Waals surface area contributed by atoms with Crippen LogP contribution >= 0.6 is 0 Å². The highest BCUT2D eigenvalue weighted by Gasteiger charge is 2.16. The molecule has 1 aromatic carbocycles. The minimum absolute atomic E-state index is 0.133. The van der Waals surface area contributed by atoms with Gasteiger partial charge in [-0.05, 0) is 54.8 Å². The lowest BCUT2D eigenvalue weighted by atomic mass is 10.2. The monoisotopic (exact) mass is 378 g/mol. The Balaban J connectivity index is 1.30. The predicted molar refractivity (Wildman–Crippen MR) is 103 cm³/mol. The predicted octanol–water partition coefficient (Wildman–Crippen LogP) is 2.76. The molecule has 144 valence electrons. The molecule has 1 saturated heterocycles. The van der Waals surface area contributed by atoms with E-state index < -0.39 is 0 Å². The molecule has 3 heterocycles. The van der Waals surface area contributed by atoms with Crippen LogP contribution in [0.4, 0.5) is 0 Å². The number of nitrogens with one attached hydrogen (secondary N) is 1. The molecule has 7 nitrogen and oxygen atoms in total. The molecule has 1 aliphatic heterocycles. The lowest BCUT2D eigenvalue weighted by Crippen LogP contribution is -2.23. The minimum Gasteiger partial charge on any atom is -0.491 e. The van der Waals surface area contributed by atoms with E-state index in [1.807, 2.05) is 35.0 Å². The molecule has 0 aliphatic carbocycles. The summed E-state index contributed by atoms with van der Waals surface area (Å²) in [4.78, 5) is 20.7. The van der Waals surface area contributed by atoms with Crippen molar-refractivity contribution in [3.8, 4) is 11.6 Å². The maximum atomic E-state index is 12.4. The Morgan fingerprint density at radius 1 is 1.25 bits per heavy atom. The van der Waals surface area contributed by atoms with Gasteiger partial charge in [0.25, 0.3) is 5.91 Å². The van der Waals surface area contributed by atoms with Crippen LogP contribution in [0.1, 0.15) is 28.8 Å². The molecular weight excluding hydrogens is 356 g/mol. The maximum Gasteiger partial charge on any atom is 0.251 e. The number of hydrogen-bond acceptors (Lipinski definition) is 5. The Labute approximate surface area is 163 Å². The number of carbonyl (C=O) groups is 1. The Hall–Kier alpha value is -3.19. The van der Waals surface area contributed by atoms with Crippen molar-refractivity contribution in [2.24, 2.45) is 0 Å². The van der Waals surface area contributed by atoms with E-state index in [0.29, 0.717) is 18.7 Å². The van der Waals surface area contributed by atoms with Gasteiger partial charge in [0.05, 0.1) is 6.10 Å². The first-order chi connectivity index (χ1) is 13.8. The van der Waals surface area contributed by atoms with E-state index in [9.17, 15) is 4.79 Å². The normalized spacial score (nSPS) is 16.1. The molecule has 1 N–H and O–H groups in total. The molecule has 3 aromatic rings. The zero-order valence-electron chi connectivity index (χ0n) is 15.5. The van der Waals surface area contributed by atoms with Gasteiger partial charge in [0.1, 0.15) is 24.5 Å². The number of aromatic nitrogens is 3. The van der Waals surface area contributed by atoms with Crippen LogP contribution in [0, 0.1) is 0 Å². The lowest BCUT2D eigenvalue weighted by molar-refractivity contribution is 0.0679. The third kappa shape index (κ3) is 4.55. The summed E-state index contributed by atoms with van der Waals surface area (Å²) < 4.78 is 13.1. The molecule has 0 radical (unpaired) electrons. The van der Waals surface area contributed by atoms with Gasteiger partial charge >= 0.3 is 0 Å². The fourth-order valence-electron chi connectivity index (χ4n) is 3.06. The summed E-state index contributed by atoms with van der Waals surface area (Å²) in [6, 6.07) is 11.0. The highest BCUT2D eigenvalue weighted by molar-refractivity contribution is 5.94. The first-order valence-corrected chi connectivity index (χ1v) is 9.34. The average Bonchev–Trinajstić information content (AvgIpc) is 3.45. The van der Waals surface area contributed by atoms with Gasteiger partial charge in [0.2, 0.25) is 0 Å². The van der Waals surface area contributed by atoms with E-state index in [2.05, 4.69) is 15.3 Å². The number of carbonyl (C=O) groups excluding carboxylic acids is 1.